The lowest BCUT2D eigenvalue weighted by atomic mass is 10.1. The molecule has 0 bridgehead atoms. The Labute approximate surface area is 150 Å². The van der Waals surface area contributed by atoms with Crippen molar-refractivity contribution >= 4 is 5.96 Å². The van der Waals surface area contributed by atoms with E-state index in [1.165, 1.54) is 5.56 Å². The van der Waals surface area contributed by atoms with Gasteiger partial charge in [0.2, 0.25) is 0 Å². The van der Waals surface area contributed by atoms with E-state index in [0.29, 0.717) is 13.2 Å². The molecule has 0 atom stereocenters. The summed E-state index contributed by atoms with van der Waals surface area (Å²) in [5.41, 5.74) is 2.34. The molecule has 0 aliphatic rings. The second kappa shape index (κ2) is 10.2. The van der Waals surface area contributed by atoms with Crippen molar-refractivity contribution in [3.05, 3.63) is 59.7 Å². The van der Waals surface area contributed by atoms with Crippen LogP contribution in [0.25, 0.3) is 0 Å². The van der Waals surface area contributed by atoms with Crippen LogP contribution in [0.4, 0.5) is 0 Å². The van der Waals surface area contributed by atoms with Crippen LogP contribution in [0.1, 0.15) is 18.1 Å². The number of methoxy groups -OCH3 is 1. The summed E-state index contributed by atoms with van der Waals surface area (Å²) in [6.45, 7) is 4.14. The summed E-state index contributed by atoms with van der Waals surface area (Å²) >= 11 is 0. The van der Waals surface area contributed by atoms with E-state index in [0.717, 1.165) is 36.0 Å². The van der Waals surface area contributed by atoms with Crippen molar-refractivity contribution < 1.29 is 9.47 Å². The van der Waals surface area contributed by atoms with E-state index in [4.69, 9.17) is 9.47 Å². The summed E-state index contributed by atoms with van der Waals surface area (Å²) in [7, 11) is 3.45. The fourth-order valence-corrected chi connectivity index (χ4v) is 2.51. The van der Waals surface area contributed by atoms with Gasteiger partial charge in [-0.15, -0.1) is 0 Å². The van der Waals surface area contributed by atoms with Crippen molar-refractivity contribution in [1.82, 2.24) is 10.6 Å². The van der Waals surface area contributed by atoms with E-state index < -0.39 is 0 Å². The molecule has 0 fully saturated rings. The average Bonchev–Trinajstić information content (AvgIpc) is 2.66. The Hall–Kier alpha value is -2.69. The van der Waals surface area contributed by atoms with E-state index in [1.54, 1.807) is 14.2 Å². The molecule has 2 N–H and O–H groups in total. The summed E-state index contributed by atoms with van der Waals surface area (Å²) in [5, 5.41) is 6.65. The van der Waals surface area contributed by atoms with Crippen molar-refractivity contribution in [2.45, 2.75) is 19.9 Å². The van der Waals surface area contributed by atoms with Gasteiger partial charge in [0.25, 0.3) is 0 Å². The SMILES string of the molecule is CCOc1ccccc1CCNC(=NC)NCc1cccc(OC)c1. The number of para-hydroxylation sites is 1. The third-order valence-corrected chi connectivity index (χ3v) is 3.78. The third-order valence-electron chi connectivity index (χ3n) is 3.78. The van der Waals surface area contributed by atoms with Crippen molar-refractivity contribution in [3.8, 4) is 11.5 Å². The molecule has 0 spiro atoms. The molecule has 0 heterocycles. The maximum absolute atomic E-state index is 5.66. The molecule has 134 valence electrons. The van der Waals surface area contributed by atoms with Crippen LogP contribution < -0.4 is 20.1 Å². The predicted molar refractivity (Wildman–Crippen MR) is 103 cm³/mol. The van der Waals surface area contributed by atoms with Crippen LogP contribution in [0.3, 0.4) is 0 Å². The van der Waals surface area contributed by atoms with Gasteiger partial charge in [-0.1, -0.05) is 30.3 Å². The molecular formula is C20H27N3O2. The molecule has 0 aliphatic carbocycles. The summed E-state index contributed by atoms with van der Waals surface area (Å²) < 4.78 is 10.9. The smallest absolute Gasteiger partial charge is 0.191 e. The molecule has 2 rings (SSSR count). The van der Waals surface area contributed by atoms with E-state index in [9.17, 15) is 0 Å². The zero-order chi connectivity index (χ0) is 17.9. The van der Waals surface area contributed by atoms with Gasteiger partial charge in [0.1, 0.15) is 11.5 Å². The van der Waals surface area contributed by atoms with Crippen molar-refractivity contribution in [3.63, 3.8) is 0 Å². The first-order valence-electron chi connectivity index (χ1n) is 8.55. The largest absolute Gasteiger partial charge is 0.497 e. The number of rotatable bonds is 8. The monoisotopic (exact) mass is 341 g/mol. The van der Waals surface area contributed by atoms with Crippen molar-refractivity contribution in [1.29, 1.82) is 0 Å². The van der Waals surface area contributed by atoms with Gasteiger partial charge in [0.15, 0.2) is 5.96 Å². The Balaban J connectivity index is 1.82. The Morgan fingerprint density at radius 1 is 1.08 bits per heavy atom. The first-order chi connectivity index (χ1) is 12.3. The Morgan fingerprint density at radius 2 is 1.92 bits per heavy atom. The molecule has 0 unspecified atom stereocenters. The third kappa shape index (κ3) is 6.03. The minimum atomic E-state index is 0.675. The van der Waals surface area contributed by atoms with Gasteiger partial charge in [-0.05, 0) is 42.7 Å². The molecular weight excluding hydrogens is 314 g/mol. The topological polar surface area (TPSA) is 54.9 Å². The normalized spacial score (nSPS) is 11.1. The second-order valence-corrected chi connectivity index (χ2v) is 5.49. The number of nitrogens with one attached hydrogen (secondary N) is 2. The lowest BCUT2D eigenvalue weighted by molar-refractivity contribution is 0.336. The van der Waals surface area contributed by atoms with E-state index >= 15 is 0 Å². The Morgan fingerprint density at radius 3 is 2.68 bits per heavy atom. The molecule has 0 amide bonds. The molecule has 0 radical (unpaired) electrons. The highest BCUT2D eigenvalue weighted by Crippen LogP contribution is 2.18. The van der Waals surface area contributed by atoms with E-state index in [-0.39, 0.29) is 0 Å². The number of benzene rings is 2. The maximum Gasteiger partial charge on any atom is 0.191 e. The minimum absolute atomic E-state index is 0.675. The lowest BCUT2D eigenvalue weighted by Gasteiger charge is -2.14. The van der Waals surface area contributed by atoms with Gasteiger partial charge in [-0.25, -0.2) is 0 Å². The van der Waals surface area contributed by atoms with Gasteiger partial charge in [0, 0.05) is 20.1 Å². The van der Waals surface area contributed by atoms with Crippen LogP contribution in [0.15, 0.2) is 53.5 Å². The summed E-state index contributed by atoms with van der Waals surface area (Å²) in [4.78, 5) is 4.27. The molecule has 2 aromatic rings. The van der Waals surface area contributed by atoms with Crippen LogP contribution in [0, 0.1) is 0 Å². The van der Waals surface area contributed by atoms with Crippen molar-refractivity contribution in [2.75, 3.05) is 27.3 Å². The molecule has 5 nitrogen and oxygen atoms in total. The first-order valence-corrected chi connectivity index (χ1v) is 8.55. The number of guanidine groups is 1. The van der Waals surface area contributed by atoms with Crippen LogP contribution in [0.2, 0.25) is 0 Å². The number of hydrogen-bond acceptors (Lipinski definition) is 3. The first kappa shape index (κ1) is 18.6. The molecule has 0 aliphatic heterocycles. The van der Waals surface area contributed by atoms with Gasteiger partial charge >= 0.3 is 0 Å². The van der Waals surface area contributed by atoms with E-state index in [2.05, 4.69) is 27.8 Å². The molecule has 25 heavy (non-hydrogen) atoms. The van der Waals surface area contributed by atoms with Gasteiger partial charge in [-0.3, -0.25) is 4.99 Å². The zero-order valence-corrected chi connectivity index (χ0v) is 15.2. The molecule has 2 aromatic carbocycles. The Bertz CT molecular complexity index is 686. The zero-order valence-electron chi connectivity index (χ0n) is 15.2. The quantitative estimate of drug-likeness (QED) is 0.572. The number of nitrogens with zero attached hydrogens (tertiary/aromatic N) is 1. The maximum atomic E-state index is 5.66. The molecule has 5 heteroatoms. The number of hydrogen-bond donors (Lipinski definition) is 2. The highest BCUT2D eigenvalue weighted by Gasteiger charge is 2.04. The van der Waals surface area contributed by atoms with Gasteiger partial charge in [-0.2, -0.15) is 0 Å². The Kier molecular flexibility index (Phi) is 7.63. The fourth-order valence-electron chi connectivity index (χ4n) is 2.51. The molecule has 0 saturated heterocycles. The van der Waals surface area contributed by atoms with Crippen LogP contribution in [0.5, 0.6) is 11.5 Å². The van der Waals surface area contributed by atoms with Crippen LogP contribution in [-0.4, -0.2) is 33.3 Å². The molecule has 0 saturated carbocycles. The highest BCUT2D eigenvalue weighted by atomic mass is 16.5. The highest BCUT2D eigenvalue weighted by molar-refractivity contribution is 5.79. The van der Waals surface area contributed by atoms with Crippen molar-refractivity contribution in [2.24, 2.45) is 4.99 Å². The fraction of sp³-hybridized carbons (Fsp3) is 0.350. The standard InChI is InChI=1S/C20H27N3O2/c1-4-25-19-11-6-5-9-17(19)12-13-22-20(21-2)23-15-16-8-7-10-18(14-16)24-3/h5-11,14H,4,12-13,15H2,1-3H3,(H2,21,22,23). The summed E-state index contributed by atoms with van der Waals surface area (Å²) in [5.74, 6) is 2.58. The van der Waals surface area contributed by atoms with Crippen LogP contribution >= 0.6 is 0 Å². The van der Waals surface area contributed by atoms with Gasteiger partial charge < -0.3 is 20.1 Å². The second-order valence-electron chi connectivity index (χ2n) is 5.49. The number of aliphatic imine (C=N–C) groups is 1. The average molecular weight is 341 g/mol. The number of ether oxygens (including phenoxy) is 2. The van der Waals surface area contributed by atoms with Crippen LogP contribution in [-0.2, 0) is 13.0 Å². The van der Waals surface area contributed by atoms with E-state index in [1.807, 2.05) is 43.3 Å². The summed E-state index contributed by atoms with van der Waals surface area (Å²) in [6, 6.07) is 16.1. The lowest BCUT2D eigenvalue weighted by Crippen LogP contribution is -2.37. The minimum Gasteiger partial charge on any atom is -0.497 e. The predicted octanol–water partition coefficient (Wildman–Crippen LogP) is 3.00. The summed E-state index contributed by atoms with van der Waals surface area (Å²) in [6.07, 6.45) is 0.871. The molecule has 0 aromatic heterocycles. The van der Waals surface area contributed by atoms with Gasteiger partial charge in [0.05, 0.1) is 13.7 Å².